The van der Waals surface area contributed by atoms with Crippen molar-refractivity contribution in [2.45, 2.75) is 38.3 Å². The van der Waals surface area contributed by atoms with Crippen LogP contribution < -0.4 is 11.3 Å². The van der Waals surface area contributed by atoms with Crippen LogP contribution in [0.15, 0.2) is 18.2 Å². The summed E-state index contributed by atoms with van der Waals surface area (Å²) in [6, 6.07) is 5.52. The third kappa shape index (κ3) is 4.75. The van der Waals surface area contributed by atoms with Gasteiger partial charge in [0.25, 0.3) is 0 Å². The van der Waals surface area contributed by atoms with E-state index >= 15 is 0 Å². The maximum atomic E-state index is 6.14. The molecule has 0 spiro atoms. The van der Waals surface area contributed by atoms with Gasteiger partial charge >= 0.3 is 0 Å². The number of rotatable bonds is 6. The molecule has 0 saturated carbocycles. The number of hydrogen-bond acceptors (Lipinski definition) is 3. The van der Waals surface area contributed by atoms with Crippen LogP contribution in [0.25, 0.3) is 0 Å². The molecule has 0 fully saturated rings. The highest BCUT2D eigenvalue weighted by Gasteiger charge is 2.23. The molecule has 0 amide bonds. The molecule has 0 aliphatic heterocycles. The van der Waals surface area contributed by atoms with E-state index in [-0.39, 0.29) is 11.6 Å². The number of methoxy groups -OCH3 is 1. The highest BCUT2D eigenvalue weighted by Crippen LogP contribution is 2.24. The van der Waals surface area contributed by atoms with Crippen molar-refractivity contribution in [3.8, 4) is 0 Å². The summed E-state index contributed by atoms with van der Waals surface area (Å²) in [7, 11) is 1.69. The predicted molar refractivity (Wildman–Crippen MR) is 77.0 cm³/mol. The summed E-state index contributed by atoms with van der Waals surface area (Å²) in [5.41, 5.74) is 3.56. The molecule has 1 unspecified atom stereocenters. The second-order valence-electron chi connectivity index (χ2n) is 4.97. The van der Waals surface area contributed by atoms with Crippen molar-refractivity contribution in [2.24, 2.45) is 5.84 Å². The van der Waals surface area contributed by atoms with Crippen LogP contribution in [0.5, 0.6) is 0 Å². The Hall–Kier alpha value is -0.320. The molecular formula is C13H20Cl2N2O. The van der Waals surface area contributed by atoms with E-state index in [9.17, 15) is 0 Å². The Morgan fingerprint density at radius 2 is 2.06 bits per heavy atom. The molecule has 5 heteroatoms. The molecule has 1 aromatic rings. The van der Waals surface area contributed by atoms with Crippen LogP contribution in [0.4, 0.5) is 0 Å². The summed E-state index contributed by atoms with van der Waals surface area (Å²) in [4.78, 5) is 0. The van der Waals surface area contributed by atoms with Crippen molar-refractivity contribution in [1.29, 1.82) is 0 Å². The van der Waals surface area contributed by atoms with Crippen LogP contribution in [-0.2, 0) is 11.2 Å². The van der Waals surface area contributed by atoms with E-state index in [1.54, 1.807) is 19.2 Å². The third-order valence-corrected chi connectivity index (χ3v) is 3.60. The number of hydrogen-bond donors (Lipinski definition) is 2. The average molecular weight is 291 g/mol. The molecule has 1 aromatic carbocycles. The van der Waals surface area contributed by atoms with E-state index in [4.69, 9.17) is 33.8 Å². The topological polar surface area (TPSA) is 47.3 Å². The lowest BCUT2D eigenvalue weighted by Crippen LogP contribution is -2.42. The number of nitrogens with one attached hydrogen (secondary N) is 1. The number of nitrogens with two attached hydrogens (primary N) is 1. The molecule has 0 bridgehead atoms. The highest BCUT2D eigenvalue weighted by molar-refractivity contribution is 6.33. The third-order valence-electron chi connectivity index (χ3n) is 3.00. The first-order valence-corrected chi connectivity index (χ1v) is 6.59. The Kier molecular flexibility index (Phi) is 5.89. The molecule has 18 heavy (non-hydrogen) atoms. The Balaban J connectivity index is 2.77. The summed E-state index contributed by atoms with van der Waals surface area (Å²) in [6.07, 6.45) is 1.49. The van der Waals surface area contributed by atoms with E-state index in [1.165, 1.54) is 0 Å². The molecule has 3 nitrogen and oxygen atoms in total. The lowest BCUT2D eigenvalue weighted by molar-refractivity contribution is 0.00711. The molecule has 0 radical (unpaired) electrons. The maximum Gasteiger partial charge on any atom is 0.0638 e. The molecule has 1 atom stereocenters. The fraction of sp³-hybridized carbons (Fsp3) is 0.538. The molecule has 102 valence electrons. The molecule has 0 aliphatic carbocycles. The zero-order valence-electron chi connectivity index (χ0n) is 11.0. The summed E-state index contributed by atoms with van der Waals surface area (Å²) >= 11 is 12.1. The van der Waals surface area contributed by atoms with Crippen LogP contribution in [0.3, 0.4) is 0 Å². The predicted octanol–water partition coefficient (Wildman–Crippen LogP) is 3.18. The van der Waals surface area contributed by atoms with Gasteiger partial charge in [-0.15, -0.1) is 0 Å². The van der Waals surface area contributed by atoms with Crippen molar-refractivity contribution >= 4 is 23.2 Å². The first kappa shape index (κ1) is 15.7. The lowest BCUT2D eigenvalue weighted by atomic mass is 9.94. The molecule has 3 N–H and O–H groups in total. The van der Waals surface area contributed by atoms with E-state index in [0.29, 0.717) is 16.5 Å². The first-order valence-electron chi connectivity index (χ1n) is 5.83. The number of halogens is 2. The van der Waals surface area contributed by atoms with Crippen LogP contribution in [0.2, 0.25) is 10.0 Å². The quantitative estimate of drug-likeness (QED) is 0.625. The molecule has 0 saturated heterocycles. The van der Waals surface area contributed by atoms with E-state index in [0.717, 1.165) is 12.0 Å². The van der Waals surface area contributed by atoms with E-state index in [2.05, 4.69) is 5.43 Å². The summed E-state index contributed by atoms with van der Waals surface area (Å²) in [5, 5.41) is 1.38. The minimum Gasteiger partial charge on any atom is -0.379 e. The van der Waals surface area contributed by atoms with Gasteiger partial charge in [0.15, 0.2) is 0 Å². The van der Waals surface area contributed by atoms with Crippen LogP contribution >= 0.6 is 23.2 Å². The lowest BCUT2D eigenvalue weighted by Gasteiger charge is -2.28. The Morgan fingerprint density at radius 1 is 1.39 bits per heavy atom. The number of ether oxygens (including phenoxy) is 1. The fourth-order valence-corrected chi connectivity index (χ4v) is 2.22. The average Bonchev–Trinajstić information content (AvgIpc) is 2.32. The van der Waals surface area contributed by atoms with Gasteiger partial charge in [0.05, 0.1) is 5.60 Å². The van der Waals surface area contributed by atoms with E-state index < -0.39 is 0 Å². The Bertz CT molecular complexity index is 397. The molecule has 0 heterocycles. The zero-order valence-corrected chi connectivity index (χ0v) is 12.5. The van der Waals surface area contributed by atoms with Crippen molar-refractivity contribution in [3.05, 3.63) is 33.8 Å². The first-order chi connectivity index (χ1) is 8.38. The number of hydrazine groups is 1. The van der Waals surface area contributed by atoms with E-state index in [1.807, 2.05) is 19.9 Å². The molecule has 0 aromatic heterocycles. The summed E-state index contributed by atoms with van der Waals surface area (Å²) < 4.78 is 5.41. The van der Waals surface area contributed by atoms with Crippen molar-refractivity contribution in [3.63, 3.8) is 0 Å². The highest BCUT2D eigenvalue weighted by atomic mass is 35.5. The van der Waals surface area contributed by atoms with Crippen molar-refractivity contribution < 1.29 is 4.74 Å². The van der Waals surface area contributed by atoms with Crippen molar-refractivity contribution in [1.82, 2.24) is 5.43 Å². The second kappa shape index (κ2) is 6.73. The standard InChI is InChI=1S/C13H20Cl2N2O/c1-13(2,18-3)8-11(17-16)7-9-6-10(14)4-5-12(9)15/h4-6,11,17H,7-8,16H2,1-3H3. The largest absolute Gasteiger partial charge is 0.379 e. The van der Waals surface area contributed by atoms with Gasteiger partial charge in [-0.2, -0.15) is 0 Å². The van der Waals surface area contributed by atoms with Gasteiger partial charge in [0.2, 0.25) is 0 Å². The fourth-order valence-electron chi connectivity index (χ4n) is 1.83. The van der Waals surface area contributed by atoms with Gasteiger partial charge in [0.1, 0.15) is 0 Å². The second-order valence-corrected chi connectivity index (χ2v) is 5.82. The van der Waals surface area contributed by atoms with Gasteiger partial charge in [-0.3, -0.25) is 11.3 Å². The SMILES string of the molecule is COC(C)(C)CC(Cc1cc(Cl)ccc1Cl)NN. The minimum atomic E-state index is -0.234. The van der Waals surface area contributed by atoms with Gasteiger partial charge in [0, 0.05) is 23.2 Å². The maximum absolute atomic E-state index is 6.14. The smallest absolute Gasteiger partial charge is 0.0638 e. The Labute approximate surface area is 119 Å². The van der Waals surface area contributed by atoms with Gasteiger partial charge in [-0.05, 0) is 50.5 Å². The van der Waals surface area contributed by atoms with Gasteiger partial charge in [-0.25, -0.2) is 0 Å². The monoisotopic (exact) mass is 290 g/mol. The Morgan fingerprint density at radius 3 is 2.61 bits per heavy atom. The number of benzene rings is 1. The summed E-state index contributed by atoms with van der Waals surface area (Å²) in [5.74, 6) is 5.59. The van der Waals surface area contributed by atoms with Crippen LogP contribution in [0, 0.1) is 0 Å². The molecule has 0 aliphatic rings. The van der Waals surface area contributed by atoms with Crippen molar-refractivity contribution in [2.75, 3.05) is 7.11 Å². The van der Waals surface area contributed by atoms with Crippen LogP contribution in [-0.4, -0.2) is 18.8 Å². The van der Waals surface area contributed by atoms with Crippen LogP contribution in [0.1, 0.15) is 25.8 Å². The zero-order chi connectivity index (χ0) is 13.8. The van der Waals surface area contributed by atoms with Gasteiger partial charge in [-0.1, -0.05) is 23.2 Å². The summed E-state index contributed by atoms with van der Waals surface area (Å²) in [6.45, 7) is 4.05. The molecule has 1 rings (SSSR count). The normalized spacial score (nSPS) is 13.7. The van der Waals surface area contributed by atoms with Gasteiger partial charge < -0.3 is 4.74 Å². The molecular weight excluding hydrogens is 271 g/mol. The minimum absolute atomic E-state index is 0.0796.